The summed E-state index contributed by atoms with van der Waals surface area (Å²) >= 11 is 1.81. The van der Waals surface area contributed by atoms with Crippen molar-refractivity contribution in [2.75, 3.05) is 0 Å². The van der Waals surface area contributed by atoms with E-state index in [1.807, 2.05) is 6.19 Å². The van der Waals surface area contributed by atoms with Crippen molar-refractivity contribution in [3.05, 3.63) is 21.9 Å². The van der Waals surface area contributed by atoms with E-state index in [9.17, 15) is 0 Å². The third-order valence-electron chi connectivity index (χ3n) is 2.29. The van der Waals surface area contributed by atoms with E-state index in [2.05, 4.69) is 16.8 Å². The van der Waals surface area contributed by atoms with Crippen LogP contribution < -0.4 is 5.32 Å². The van der Waals surface area contributed by atoms with Gasteiger partial charge in [-0.2, -0.15) is 5.26 Å². The van der Waals surface area contributed by atoms with Crippen molar-refractivity contribution in [1.82, 2.24) is 5.32 Å². The number of aryl methyl sites for hydroxylation is 1. The normalized spacial score (nSPS) is 21.1. The van der Waals surface area contributed by atoms with Gasteiger partial charge in [0.05, 0.1) is 6.04 Å². The first-order chi connectivity index (χ1) is 5.92. The van der Waals surface area contributed by atoms with Crippen LogP contribution in [-0.4, -0.2) is 0 Å². The number of nitrogens with one attached hydrogen (secondary N) is 1. The van der Waals surface area contributed by atoms with Gasteiger partial charge in [0.15, 0.2) is 6.19 Å². The summed E-state index contributed by atoms with van der Waals surface area (Å²) in [4.78, 5) is 1.45. The maximum absolute atomic E-state index is 8.52. The van der Waals surface area contributed by atoms with Gasteiger partial charge in [-0.05, 0) is 36.3 Å². The summed E-state index contributed by atoms with van der Waals surface area (Å²) in [6.45, 7) is 0. The van der Waals surface area contributed by atoms with E-state index in [-0.39, 0.29) is 6.04 Å². The van der Waals surface area contributed by atoms with Gasteiger partial charge >= 0.3 is 0 Å². The standard InChI is InChI=1S/C9H10N2S/c10-6-11-8-2-1-3-9-7(8)4-5-12-9/h4-5,8,11H,1-3H2. The fourth-order valence-electron chi connectivity index (χ4n) is 1.71. The highest BCUT2D eigenvalue weighted by molar-refractivity contribution is 7.10. The van der Waals surface area contributed by atoms with Gasteiger partial charge in [-0.15, -0.1) is 11.3 Å². The molecule has 1 unspecified atom stereocenters. The summed E-state index contributed by atoms with van der Waals surface area (Å²) in [6.07, 6.45) is 5.51. The lowest BCUT2D eigenvalue weighted by Crippen LogP contribution is -2.19. The highest BCUT2D eigenvalue weighted by Crippen LogP contribution is 2.32. The molecular formula is C9H10N2S. The zero-order chi connectivity index (χ0) is 8.39. The monoisotopic (exact) mass is 178 g/mol. The predicted molar refractivity (Wildman–Crippen MR) is 48.7 cm³/mol. The predicted octanol–water partition coefficient (Wildman–Crippen LogP) is 2.20. The number of hydrogen-bond donors (Lipinski definition) is 1. The molecule has 1 N–H and O–H groups in total. The molecule has 1 aromatic heterocycles. The zero-order valence-electron chi connectivity index (χ0n) is 6.71. The largest absolute Gasteiger partial charge is 0.316 e. The topological polar surface area (TPSA) is 35.8 Å². The van der Waals surface area contributed by atoms with Crippen LogP contribution in [0.15, 0.2) is 11.4 Å². The quantitative estimate of drug-likeness (QED) is 0.528. The van der Waals surface area contributed by atoms with Gasteiger partial charge in [0.25, 0.3) is 0 Å². The molecule has 0 saturated carbocycles. The first kappa shape index (κ1) is 7.63. The second-order valence-corrected chi connectivity index (χ2v) is 4.00. The number of thiophene rings is 1. The van der Waals surface area contributed by atoms with Gasteiger partial charge in [-0.25, -0.2) is 0 Å². The van der Waals surface area contributed by atoms with Crippen LogP contribution in [0.1, 0.15) is 29.3 Å². The number of hydrogen-bond acceptors (Lipinski definition) is 3. The minimum atomic E-state index is 0.282. The van der Waals surface area contributed by atoms with Crippen LogP contribution in [0.3, 0.4) is 0 Å². The molecule has 12 heavy (non-hydrogen) atoms. The Balaban J connectivity index is 2.26. The summed E-state index contributed by atoms with van der Waals surface area (Å²) in [5.74, 6) is 0. The highest BCUT2D eigenvalue weighted by Gasteiger charge is 2.19. The van der Waals surface area contributed by atoms with E-state index in [1.165, 1.54) is 23.3 Å². The molecule has 0 amide bonds. The summed E-state index contributed by atoms with van der Waals surface area (Å²) in [5, 5.41) is 13.5. The zero-order valence-corrected chi connectivity index (χ0v) is 7.53. The van der Waals surface area contributed by atoms with Gasteiger partial charge in [-0.3, -0.25) is 0 Å². The highest BCUT2D eigenvalue weighted by atomic mass is 32.1. The van der Waals surface area contributed by atoms with Crippen molar-refractivity contribution < 1.29 is 0 Å². The first-order valence-corrected chi connectivity index (χ1v) is 5.00. The number of nitrogens with zero attached hydrogens (tertiary/aromatic N) is 1. The van der Waals surface area contributed by atoms with Crippen molar-refractivity contribution in [1.29, 1.82) is 5.26 Å². The van der Waals surface area contributed by atoms with E-state index in [0.717, 1.165) is 6.42 Å². The Kier molecular flexibility index (Phi) is 2.01. The molecule has 0 radical (unpaired) electrons. The lowest BCUT2D eigenvalue weighted by Gasteiger charge is -2.20. The minimum Gasteiger partial charge on any atom is -0.316 e. The summed E-state index contributed by atoms with van der Waals surface area (Å²) in [6, 6.07) is 2.42. The smallest absolute Gasteiger partial charge is 0.177 e. The molecule has 0 aromatic carbocycles. The first-order valence-electron chi connectivity index (χ1n) is 4.12. The Labute approximate surface area is 75.8 Å². The second-order valence-electron chi connectivity index (χ2n) is 3.00. The molecule has 1 atom stereocenters. The van der Waals surface area contributed by atoms with E-state index >= 15 is 0 Å². The Bertz CT molecular complexity index is 311. The molecule has 0 bridgehead atoms. The molecule has 1 aliphatic rings. The van der Waals surface area contributed by atoms with Gasteiger partial charge in [0, 0.05) is 4.88 Å². The molecule has 0 fully saturated rings. The summed E-state index contributed by atoms with van der Waals surface area (Å²) < 4.78 is 0. The summed E-state index contributed by atoms with van der Waals surface area (Å²) in [5.41, 5.74) is 1.34. The van der Waals surface area contributed by atoms with Crippen LogP contribution in [-0.2, 0) is 6.42 Å². The third-order valence-corrected chi connectivity index (χ3v) is 3.29. The molecule has 1 aliphatic carbocycles. The Morgan fingerprint density at radius 1 is 1.67 bits per heavy atom. The molecule has 3 heteroatoms. The Morgan fingerprint density at radius 2 is 2.58 bits per heavy atom. The van der Waals surface area contributed by atoms with Crippen LogP contribution in [0.5, 0.6) is 0 Å². The van der Waals surface area contributed by atoms with Crippen LogP contribution in [0.25, 0.3) is 0 Å². The molecule has 2 nitrogen and oxygen atoms in total. The molecule has 1 aromatic rings. The lowest BCUT2D eigenvalue weighted by atomic mass is 9.94. The minimum absolute atomic E-state index is 0.282. The fourth-order valence-corrected chi connectivity index (χ4v) is 2.70. The summed E-state index contributed by atoms with van der Waals surface area (Å²) in [7, 11) is 0. The molecular weight excluding hydrogens is 168 g/mol. The maximum Gasteiger partial charge on any atom is 0.177 e. The number of fused-ring (bicyclic) bond motifs is 1. The Morgan fingerprint density at radius 3 is 3.42 bits per heavy atom. The Hall–Kier alpha value is -1.01. The molecule has 0 saturated heterocycles. The van der Waals surface area contributed by atoms with Gasteiger partial charge in [-0.1, -0.05) is 0 Å². The van der Waals surface area contributed by atoms with E-state index < -0.39 is 0 Å². The van der Waals surface area contributed by atoms with Crippen molar-refractivity contribution in [3.8, 4) is 6.19 Å². The van der Waals surface area contributed by atoms with Gasteiger partial charge in [0.2, 0.25) is 0 Å². The number of rotatable bonds is 1. The van der Waals surface area contributed by atoms with Crippen LogP contribution in [0, 0.1) is 11.5 Å². The van der Waals surface area contributed by atoms with Crippen LogP contribution in [0.2, 0.25) is 0 Å². The lowest BCUT2D eigenvalue weighted by molar-refractivity contribution is 0.524. The molecule has 0 aliphatic heterocycles. The maximum atomic E-state index is 8.52. The van der Waals surface area contributed by atoms with Gasteiger partial charge in [0.1, 0.15) is 0 Å². The molecule has 1 heterocycles. The van der Waals surface area contributed by atoms with E-state index in [1.54, 1.807) is 11.3 Å². The van der Waals surface area contributed by atoms with Gasteiger partial charge < -0.3 is 5.32 Å². The van der Waals surface area contributed by atoms with Crippen LogP contribution >= 0.6 is 11.3 Å². The third kappa shape index (κ3) is 1.19. The fraction of sp³-hybridized carbons (Fsp3) is 0.444. The van der Waals surface area contributed by atoms with Crippen molar-refractivity contribution >= 4 is 11.3 Å². The molecule has 62 valence electrons. The average molecular weight is 178 g/mol. The SMILES string of the molecule is N#CNC1CCCc2sccc21. The van der Waals surface area contributed by atoms with E-state index in [4.69, 9.17) is 5.26 Å². The van der Waals surface area contributed by atoms with Crippen molar-refractivity contribution in [2.24, 2.45) is 0 Å². The van der Waals surface area contributed by atoms with Crippen LogP contribution in [0.4, 0.5) is 0 Å². The molecule has 0 spiro atoms. The number of nitriles is 1. The van der Waals surface area contributed by atoms with Crippen molar-refractivity contribution in [3.63, 3.8) is 0 Å². The average Bonchev–Trinajstić information content (AvgIpc) is 2.53. The second kappa shape index (κ2) is 3.16. The molecule has 2 rings (SSSR count). The van der Waals surface area contributed by atoms with Crippen molar-refractivity contribution in [2.45, 2.75) is 25.3 Å². The van der Waals surface area contributed by atoms with E-state index in [0.29, 0.717) is 0 Å².